The molecule has 11 heavy (non-hydrogen) atoms. The van der Waals surface area contributed by atoms with Crippen LogP contribution in [0, 0.1) is 0 Å². The number of aromatic amines is 1. The zero-order chi connectivity index (χ0) is 8.69. The van der Waals surface area contributed by atoms with Crippen molar-refractivity contribution < 1.29 is 14.7 Å². The van der Waals surface area contributed by atoms with E-state index in [0.29, 0.717) is 0 Å². The van der Waals surface area contributed by atoms with Crippen molar-refractivity contribution in [3.63, 3.8) is 0 Å². The number of carbonyl (C=O) groups excluding carboxylic acids is 1. The lowest BCUT2D eigenvalue weighted by Gasteiger charge is -1.77. The number of carbonyl (C=O) groups is 2. The number of amides is 1. The van der Waals surface area contributed by atoms with Gasteiger partial charge in [0.25, 0.3) is 0 Å². The molecule has 1 aromatic heterocycles. The molecule has 0 bridgehead atoms. The highest BCUT2D eigenvalue weighted by molar-refractivity contribution is 5.86. The molecule has 0 fully saturated rings. The Morgan fingerprint density at radius 2 is 2.36 bits per heavy atom. The van der Waals surface area contributed by atoms with Gasteiger partial charge in [-0.15, -0.1) is 0 Å². The number of hydrogen-bond donors (Lipinski definition) is 3. The number of rotatable bonds is 1. The average molecular weight is 157 g/mol. The van der Waals surface area contributed by atoms with Crippen molar-refractivity contribution in [1.29, 1.82) is 0 Å². The van der Waals surface area contributed by atoms with Gasteiger partial charge in [0.1, 0.15) is 0 Å². The number of carboxylic acids is 1. The summed E-state index contributed by atoms with van der Waals surface area (Å²) in [5.74, 6) is -0.959. The molecule has 0 aliphatic rings. The number of carboxylic acid groups (broad SMARTS) is 1. The van der Waals surface area contributed by atoms with Crippen molar-refractivity contribution in [3.05, 3.63) is 18.0 Å². The first-order valence-corrected chi connectivity index (χ1v) is 2.59. The number of nitrogens with two attached hydrogens (primary N) is 1. The van der Waals surface area contributed by atoms with Gasteiger partial charge in [-0.1, -0.05) is 0 Å². The van der Waals surface area contributed by atoms with Gasteiger partial charge in [0.15, 0.2) is 0 Å². The van der Waals surface area contributed by atoms with Gasteiger partial charge in [-0.25, -0.2) is 4.79 Å². The molecule has 0 spiro atoms. The molecule has 1 amide bonds. The summed E-state index contributed by atoms with van der Waals surface area (Å²) in [6, 6.07) is 0. The molecule has 6 heteroatoms. The SMILES string of the molecule is NC=O.O=C(O)c1cn[nH]c1. The molecular weight excluding hydrogens is 150 g/mol. The highest BCUT2D eigenvalue weighted by atomic mass is 16.4. The first-order valence-electron chi connectivity index (χ1n) is 2.59. The molecule has 0 atom stereocenters. The number of primary amides is 1. The molecule has 0 aliphatic carbocycles. The average Bonchev–Trinajstić information content (AvgIpc) is 2.38. The zero-order valence-corrected chi connectivity index (χ0v) is 5.52. The summed E-state index contributed by atoms with van der Waals surface area (Å²) in [6.45, 7) is 0. The van der Waals surface area contributed by atoms with Crippen LogP contribution in [0.5, 0.6) is 0 Å². The van der Waals surface area contributed by atoms with E-state index in [9.17, 15) is 4.79 Å². The van der Waals surface area contributed by atoms with E-state index in [2.05, 4.69) is 15.9 Å². The number of nitrogens with zero attached hydrogens (tertiary/aromatic N) is 1. The van der Waals surface area contributed by atoms with Gasteiger partial charge in [-0.2, -0.15) is 5.10 Å². The molecule has 60 valence electrons. The molecule has 0 aliphatic heterocycles. The highest BCUT2D eigenvalue weighted by Crippen LogP contribution is 1.90. The second-order valence-corrected chi connectivity index (χ2v) is 1.43. The van der Waals surface area contributed by atoms with Gasteiger partial charge in [0.2, 0.25) is 6.41 Å². The van der Waals surface area contributed by atoms with E-state index in [4.69, 9.17) is 9.90 Å². The van der Waals surface area contributed by atoms with E-state index in [1.54, 1.807) is 0 Å². The standard InChI is InChI=1S/C4H4N2O2.CH3NO/c7-4(8)3-1-5-6-2-3;2-1-3/h1-2H,(H,5,6)(H,7,8);1H,(H2,2,3). The Hall–Kier alpha value is -1.85. The van der Waals surface area contributed by atoms with Crippen LogP contribution in [0.2, 0.25) is 0 Å². The van der Waals surface area contributed by atoms with Crippen LogP contribution in [-0.4, -0.2) is 27.7 Å². The number of aromatic nitrogens is 2. The third-order valence-electron chi connectivity index (χ3n) is 0.745. The minimum Gasteiger partial charge on any atom is -0.478 e. The summed E-state index contributed by atoms with van der Waals surface area (Å²) in [5, 5.41) is 14.0. The summed E-state index contributed by atoms with van der Waals surface area (Å²) in [4.78, 5) is 18.6. The summed E-state index contributed by atoms with van der Waals surface area (Å²) >= 11 is 0. The fourth-order valence-electron chi connectivity index (χ4n) is 0.368. The predicted octanol–water partition coefficient (Wildman–Crippen LogP) is -0.791. The molecular formula is C5H7N3O3. The largest absolute Gasteiger partial charge is 0.478 e. The van der Waals surface area contributed by atoms with Crippen molar-refractivity contribution in [3.8, 4) is 0 Å². The van der Waals surface area contributed by atoms with Gasteiger partial charge < -0.3 is 10.8 Å². The van der Waals surface area contributed by atoms with Crippen LogP contribution in [0.3, 0.4) is 0 Å². The zero-order valence-electron chi connectivity index (χ0n) is 5.52. The number of H-pyrrole nitrogens is 1. The second-order valence-electron chi connectivity index (χ2n) is 1.43. The summed E-state index contributed by atoms with van der Waals surface area (Å²) in [6.07, 6.45) is 2.82. The quantitative estimate of drug-likeness (QED) is 0.464. The molecule has 0 unspecified atom stereocenters. The molecule has 0 radical (unpaired) electrons. The molecule has 1 aromatic rings. The van der Waals surface area contributed by atoms with E-state index in [0.717, 1.165) is 0 Å². The maximum Gasteiger partial charge on any atom is 0.338 e. The fraction of sp³-hybridized carbons (Fsp3) is 0. The topological polar surface area (TPSA) is 109 Å². The summed E-state index contributed by atoms with van der Waals surface area (Å²) < 4.78 is 0. The van der Waals surface area contributed by atoms with Crippen molar-refractivity contribution in [1.82, 2.24) is 10.2 Å². The number of hydrogen-bond acceptors (Lipinski definition) is 3. The first-order chi connectivity index (χ1) is 5.22. The molecule has 6 nitrogen and oxygen atoms in total. The maximum absolute atomic E-state index is 10.0. The van der Waals surface area contributed by atoms with Crippen molar-refractivity contribution in [2.24, 2.45) is 5.73 Å². The Labute approximate surface area is 62.0 Å². The van der Waals surface area contributed by atoms with E-state index in [1.807, 2.05) is 0 Å². The Balaban J connectivity index is 0.000000292. The number of aromatic carboxylic acids is 1. The first kappa shape index (κ1) is 9.15. The monoisotopic (exact) mass is 157 g/mol. The lowest BCUT2D eigenvalue weighted by molar-refractivity contribution is -0.106. The van der Waals surface area contributed by atoms with Crippen molar-refractivity contribution in [2.45, 2.75) is 0 Å². The lowest BCUT2D eigenvalue weighted by atomic mass is 10.4. The van der Waals surface area contributed by atoms with Crippen molar-refractivity contribution in [2.75, 3.05) is 0 Å². The van der Waals surface area contributed by atoms with Gasteiger partial charge in [-0.05, 0) is 0 Å². The minimum absolute atomic E-state index is 0.185. The van der Waals surface area contributed by atoms with Crippen LogP contribution >= 0.6 is 0 Å². The van der Waals surface area contributed by atoms with E-state index < -0.39 is 5.97 Å². The van der Waals surface area contributed by atoms with E-state index in [1.165, 1.54) is 12.4 Å². The summed E-state index contributed by atoms with van der Waals surface area (Å²) in [7, 11) is 0. The fourth-order valence-corrected chi connectivity index (χ4v) is 0.368. The smallest absolute Gasteiger partial charge is 0.338 e. The normalized spacial score (nSPS) is 7.64. The molecule has 0 aromatic carbocycles. The minimum atomic E-state index is -0.959. The van der Waals surface area contributed by atoms with Crippen molar-refractivity contribution >= 4 is 12.4 Å². The maximum atomic E-state index is 10.0. The van der Waals surface area contributed by atoms with Gasteiger partial charge in [-0.3, -0.25) is 9.89 Å². The van der Waals surface area contributed by atoms with Gasteiger partial charge in [0.05, 0.1) is 11.8 Å². The van der Waals surface area contributed by atoms with E-state index >= 15 is 0 Å². The third kappa shape index (κ3) is 3.68. The Morgan fingerprint density at radius 1 is 1.82 bits per heavy atom. The van der Waals surface area contributed by atoms with Crippen LogP contribution in [-0.2, 0) is 4.79 Å². The van der Waals surface area contributed by atoms with Crippen LogP contribution in [0.25, 0.3) is 0 Å². The molecule has 0 saturated carbocycles. The lowest BCUT2D eigenvalue weighted by Crippen LogP contribution is -1.91. The molecule has 0 saturated heterocycles. The number of nitrogens with one attached hydrogen (secondary N) is 1. The Morgan fingerprint density at radius 3 is 2.55 bits per heavy atom. The molecule has 4 N–H and O–H groups in total. The van der Waals surface area contributed by atoms with Crippen LogP contribution < -0.4 is 5.73 Å². The molecule has 1 rings (SSSR count). The van der Waals surface area contributed by atoms with Crippen LogP contribution in [0.15, 0.2) is 12.4 Å². The Bertz CT molecular complexity index is 219. The second kappa shape index (κ2) is 4.98. The van der Waals surface area contributed by atoms with Gasteiger partial charge in [0, 0.05) is 6.20 Å². The third-order valence-corrected chi connectivity index (χ3v) is 0.745. The Kier molecular flexibility index (Phi) is 4.14. The van der Waals surface area contributed by atoms with Gasteiger partial charge >= 0.3 is 5.97 Å². The molecule has 1 heterocycles. The predicted molar refractivity (Wildman–Crippen MR) is 35.8 cm³/mol. The van der Waals surface area contributed by atoms with Crippen LogP contribution in [0.1, 0.15) is 10.4 Å². The van der Waals surface area contributed by atoms with E-state index in [-0.39, 0.29) is 12.0 Å². The van der Waals surface area contributed by atoms with Crippen LogP contribution in [0.4, 0.5) is 0 Å². The summed E-state index contributed by atoms with van der Waals surface area (Å²) in [5.41, 5.74) is 4.35. The highest BCUT2D eigenvalue weighted by Gasteiger charge is 1.99.